The van der Waals surface area contributed by atoms with Gasteiger partial charge in [-0.15, -0.1) is 0 Å². The van der Waals surface area contributed by atoms with Crippen LogP contribution in [0.1, 0.15) is 88.0 Å². The van der Waals surface area contributed by atoms with Gasteiger partial charge in [-0.1, -0.05) is 41.5 Å². The first-order valence-electron chi connectivity index (χ1n) is 9.71. The second-order valence-electron chi connectivity index (χ2n) is 11.0. The number of ether oxygens (including phenoxy) is 1. The van der Waals surface area contributed by atoms with Crippen molar-refractivity contribution < 1.29 is 4.74 Å². The van der Waals surface area contributed by atoms with Crippen molar-refractivity contribution in [3.63, 3.8) is 0 Å². The van der Waals surface area contributed by atoms with Gasteiger partial charge in [-0.2, -0.15) is 0 Å². The molecule has 0 aromatic rings. The van der Waals surface area contributed by atoms with E-state index in [0.717, 1.165) is 18.9 Å². The van der Waals surface area contributed by atoms with E-state index in [0.29, 0.717) is 17.4 Å². The predicted molar refractivity (Wildman–Crippen MR) is 99.7 cm³/mol. The Morgan fingerprint density at radius 2 is 1.48 bits per heavy atom. The van der Waals surface area contributed by atoms with Gasteiger partial charge in [0.15, 0.2) is 0 Å². The average molecular weight is 324 g/mol. The lowest BCUT2D eigenvalue weighted by Crippen LogP contribution is -2.55. The largest absolute Gasteiger partial charge is 0.369 e. The van der Waals surface area contributed by atoms with Crippen LogP contribution in [0.5, 0.6) is 0 Å². The Morgan fingerprint density at radius 1 is 0.870 bits per heavy atom. The SMILES string of the molecule is CC1CC(C)(C)OC2(C1)CC(C)(C)C(C)NCC(C)(C)CC2C. The number of rotatable bonds is 0. The molecule has 0 bridgehead atoms. The van der Waals surface area contributed by atoms with E-state index in [1.807, 2.05) is 0 Å². The van der Waals surface area contributed by atoms with Crippen LogP contribution in [0.4, 0.5) is 0 Å². The zero-order valence-electron chi connectivity index (χ0n) is 17.2. The molecule has 2 saturated heterocycles. The molecule has 2 heterocycles. The summed E-state index contributed by atoms with van der Waals surface area (Å²) in [6.07, 6.45) is 4.77. The van der Waals surface area contributed by atoms with Gasteiger partial charge in [0.05, 0.1) is 11.2 Å². The minimum absolute atomic E-state index is 0.00310. The van der Waals surface area contributed by atoms with Crippen LogP contribution in [0.3, 0.4) is 0 Å². The van der Waals surface area contributed by atoms with E-state index >= 15 is 0 Å². The minimum atomic E-state index is -0.00310. The van der Waals surface area contributed by atoms with Crippen molar-refractivity contribution >= 4 is 0 Å². The smallest absolute Gasteiger partial charge is 0.0723 e. The summed E-state index contributed by atoms with van der Waals surface area (Å²) in [5, 5.41) is 3.82. The molecule has 0 saturated carbocycles. The molecule has 0 amide bonds. The summed E-state index contributed by atoms with van der Waals surface area (Å²) >= 11 is 0. The molecule has 2 fully saturated rings. The van der Waals surface area contributed by atoms with E-state index < -0.39 is 0 Å². The highest BCUT2D eigenvalue weighted by Gasteiger charge is 2.51. The molecule has 4 atom stereocenters. The van der Waals surface area contributed by atoms with Crippen molar-refractivity contribution in [3.05, 3.63) is 0 Å². The molecule has 2 nitrogen and oxygen atoms in total. The molecule has 4 unspecified atom stereocenters. The highest BCUT2D eigenvalue weighted by Crippen LogP contribution is 2.51. The minimum Gasteiger partial charge on any atom is -0.369 e. The van der Waals surface area contributed by atoms with Crippen LogP contribution in [0.2, 0.25) is 0 Å². The van der Waals surface area contributed by atoms with Gasteiger partial charge in [-0.3, -0.25) is 0 Å². The van der Waals surface area contributed by atoms with Gasteiger partial charge in [-0.05, 0) is 69.1 Å². The van der Waals surface area contributed by atoms with Crippen LogP contribution in [0.15, 0.2) is 0 Å². The summed E-state index contributed by atoms with van der Waals surface area (Å²) in [7, 11) is 0. The summed E-state index contributed by atoms with van der Waals surface area (Å²) in [6, 6.07) is 0.507. The third kappa shape index (κ3) is 4.31. The molecule has 1 spiro atoms. The van der Waals surface area contributed by atoms with E-state index in [1.165, 1.54) is 19.3 Å². The van der Waals surface area contributed by atoms with Crippen LogP contribution in [0, 0.1) is 22.7 Å². The van der Waals surface area contributed by atoms with Crippen LogP contribution >= 0.6 is 0 Å². The first-order chi connectivity index (χ1) is 10.3. The second kappa shape index (κ2) is 6.02. The first-order valence-corrected chi connectivity index (χ1v) is 9.71. The predicted octanol–water partition coefficient (Wildman–Crippen LogP) is 5.41. The maximum absolute atomic E-state index is 6.93. The standard InChI is InChI=1S/C21H41NO/c1-15-10-20(8,9)23-21(11-15)13-19(6,7)17(3)22-14-18(4,5)12-16(21)2/h15-17,22H,10-14H2,1-9H3. The van der Waals surface area contributed by atoms with Gasteiger partial charge in [0.2, 0.25) is 0 Å². The lowest BCUT2D eigenvalue weighted by atomic mass is 9.64. The molecule has 0 aliphatic carbocycles. The normalized spacial score (nSPS) is 43.4. The Morgan fingerprint density at radius 3 is 2.04 bits per heavy atom. The zero-order chi connectivity index (χ0) is 17.7. The van der Waals surface area contributed by atoms with Gasteiger partial charge < -0.3 is 10.1 Å². The second-order valence-corrected chi connectivity index (χ2v) is 11.0. The molecule has 0 radical (unpaired) electrons. The fourth-order valence-electron chi connectivity index (χ4n) is 5.44. The van der Waals surface area contributed by atoms with E-state index in [1.54, 1.807) is 0 Å². The lowest BCUT2D eigenvalue weighted by molar-refractivity contribution is -0.226. The topological polar surface area (TPSA) is 21.3 Å². The van der Waals surface area contributed by atoms with E-state index in [-0.39, 0.29) is 16.6 Å². The van der Waals surface area contributed by atoms with Gasteiger partial charge >= 0.3 is 0 Å². The Labute approximate surface area is 145 Å². The summed E-state index contributed by atoms with van der Waals surface area (Å²) in [5.41, 5.74) is 0.566. The Kier molecular flexibility index (Phi) is 5.04. The Balaban J connectivity index is 2.43. The lowest BCUT2D eigenvalue weighted by Gasteiger charge is -2.54. The first kappa shape index (κ1) is 19.2. The molecule has 1 N–H and O–H groups in total. The third-order valence-corrected chi connectivity index (χ3v) is 6.58. The van der Waals surface area contributed by atoms with Crippen molar-refractivity contribution in [1.29, 1.82) is 0 Å². The van der Waals surface area contributed by atoms with Crippen LogP contribution in [0.25, 0.3) is 0 Å². The van der Waals surface area contributed by atoms with E-state index in [9.17, 15) is 0 Å². The zero-order valence-corrected chi connectivity index (χ0v) is 17.2. The molecular formula is C21H41NO. The molecule has 0 aromatic carbocycles. The summed E-state index contributed by atoms with van der Waals surface area (Å²) in [6.45, 7) is 22.6. The average Bonchev–Trinajstić information content (AvgIpc) is 2.32. The fourth-order valence-corrected chi connectivity index (χ4v) is 5.44. The monoisotopic (exact) mass is 323 g/mol. The molecule has 0 aromatic heterocycles. The van der Waals surface area contributed by atoms with Crippen LogP contribution < -0.4 is 5.32 Å². The third-order valence-electron chi connectivity index (χ3n) is 6.58. The number of hydrogen-bond acceptors (Lipinski definition) is 2. The van der Waals surface area contributed by atoms with Gasteiger partial charge in [0.25, 0.3) is 0 Å². The highest BCUT2D eigenvalue weighted by molar-refractivity contribution is 5.02. The van der Waals surface area contributed by atoms with Gasteiger partial charge in [-0.25, -0.2) is 0 Å². The summed E-state index contributed by atoms with van der Waals surface area (Å²) in [5.74, 6) is 1.33. The molecule has 136 valence electrons. The van der Waals surface area contributed by atoms with Crippen molar-refractivity contribution in [2.24, 2.45) is 22.7 Å². The molecular weight excluding hydrogens is 282 g/mol. The van der Waals surface area contributed by atoms with E-state index in [4.69, 9.17) is 4.74 Å². The maximum atomic E-state index is 6.93. The van der Waals surface area contributed by atoms with Crippen molar-refractivity contribution in [3.8, 4) is 0 Å². The van der Waals surface area contributed by atoms with Gasteiger partial charge in [0.1, 0.15) is 0 Å². The van der Waals surface area contributed by atoms with Crippen LogP contribution in [-0.4, -0.2) is 23.8 Å². The number of nitrogens with one attached hydrogen (secondary N) is 1. The van der Waals surface area contributed by atoms with Crippen molar-refractivity contribution in [1.82, 2.24) is 5.32 Å². The molecule has 2 rings (SSSR count). The molecule has 23 heavy (non-hydrogen) atoms. The molecule has 2 aliphatic rings. The Bertz CT molecular complexity index is 426. The highest BCUT2D eigenvalue weighted by atomic mass is 16.5. The quantitative estimate of drug-likeness (QED) is 0.643. The maximum Gasteiger partial charge on any atom is 0.0723 e. The fraction of sp³-hybridized carbons (Fsp3) is 1.00. The molecule has 2 heteroatoms. The van der Waals surface area contributed by atoms with Gasteiger partial charge in [0, 0.05) is 12.6 Å². The van der Waals surface area contributed by atoms with Crippen molar-refractivity contribution in [2.75, 3.05) is 6.54 Å². The summed E-state index contributed by atoms with van der Waals surface area (Å²) in [4.78, 5) is 0. The van der Waals surface area contributed by atoms with Crippen molar-refractivity contribution in [2.45, 2.75) is 105 Å². The summed E-state index contributed by atoms with van der Waals surface area (Å²) < 4.78 is 6.93. The van der Waals surface area contributed by atoms with Crippen LogP contribution in [-0.2, 0) is 4.74 Å². The molecule has 2 aliphatic heterocycles. The number of hydrogen-bond donors (Lipinski definition) is 1. The Hall–Kier alpha value is -0.0800. The van der Waals surface area contributed by atoms with E-state index in [2.05, 4.69) is 67.6 Å².